The van der Waals surface area contributed by atoms with E-state index in [1.54, 1.807) is 6.08 Å². The Labute approximate surface area is 426 Å². The molecule has 3 unspecified atom stereocenters. The summed E-state index contributed by atoms with van der Waals surface area (Å²) in [7, 11) is 0. The molecule has 5 nitrogen and oxygen atoms in total. The van der Waals surface area contributed by atoms with E-state index in [0.29, 0.717) is 6.42 Å². The number of carbonyl (C=O) groups is 1. The molecule has 0 saturated heterocycles. The predicted octanol–water partition coefficient (Wildman–Crippen LogP) is 19.6. The van der Waals surface area contributed by atoms with Crippen LogP contribution >= 0.6 is 0 Å². The molecule has 0 bridgehead atoms. The van der Waals surface area contributed by atoms with Gasteiger partial charge in [0.2, 0.25) is 5.91 Å². The van der Waals surface area contributed by atoms with Crippen molar-refractivity contribution < 1.29 is 20.1 Å². The molecule has 0 aromatic rings. The number of hydrogen-bond donors (Lipinski definition) is 4. The first-order valence-electron chi connectivity index (χ1n) is 31.1. The number of carbonyl (C=O) groups excluding carboxylic acids is 1. The summed E-state index contributed by atoms with van der Waals surface area (Å²) in [5.41, 5.74) is 0. The van der Waals surface area contributed by atoms with E-state index in [1.807, 2.05) is 6.08 Å². The SMILES string of the molecule is CCCCCCCCCCCCCCCCCCC/C=C/CC/C=C/C(O)C(CO)NC(=O)CC(O)CCCCCCCCCCCCCCCCCCCCCCCCCCCCCCCC. The monoisotopic (exact) mass is 958 g/mol. The van der Waals surface area contributed by atoms with Crippen molar-refractivity contribution in [1.82, 2.24) is 5.32 Å². The lowest BCUT2D eigenvalue weighted by Crippen LogP contribution is -2.45. The molecule has 68 heavy (non-hydrogen) atoms. The average molecular weight is 959 g/mol. The van der Waals surface area contributed by atoms with E-state index in [0.717, 1.165) is 32.1 Å². The minimum atomic E-state index is -0.951. The zero-order valence-electron chi connectivity index (χ0n) is 46.3. The van der Waals surface area contributed by atoms with E-state index in [1.165, 1.54) is 289 Å². The molecule has 0 aliphatic carbocycles. The first-order chi connectivity index (χ1) is 33.5. The fraction of sp³-hybridized carbons (Fsp3) is 0.921. The van der Waals surface area contributed by atoms with Crippen LogP contribution in [0.2, 0.25) is 0 Å². The molecule has 5 heteroatoms. The summed E-state index contributed by atoms with van der Waals surface area (Å²) in [6.45, 7) is 4.25. The van der Waals surface area contributed by atoms with Gasteiger partial charge in [0.1, 0.15) is 0 Å². The van der Waals surface area contributed by atoms with E-state index in [-0.39, 0.29) is 18.9 Å². The maximum absolute atomic E-state index is 12.5. The number of nitrogens with one attached hydrogen (secondary N) is 1. The van der Waals surface area contributed by atoms with Crippen LogP contribution in [-0.4, -0.2) is 46.1 Å². The Morgan fingerprint density at radius 1 is 0.368 bits per heavy atom. The van der Waals surface area contributed by atoms with Crippen LogP contribution in [0.15, 0.2) is 24.3 Å². The molecule has 0 aliphatic rings. The van der Waals surface area contributed by atoms with Crippen LogP contribution in [0.25, 0.3) is 0 Å². The molecule has 0 saturated carbocycles. The van der Waals surface area contributed by atoms with Crippen LogP contribution in [0.4, 0.5) is 0 Å². The Balaban J connectivity index is 3.52. The topological polar surface area (TPSA) is 89.8 Å². The highest BCUT2D eigenvalue weighted by Gasteiger charge is 2.20. The van der Waals surface area contributed by atoms with Crippen LogP contribution in [-0.2, 0) is 4.79 Å². The Kier molecular flexibility index (Phi) is 57.4. The Hall–Kier alpha value is -1.17. The van der Waals surface area contributed by atoms with Crippen molar-refractivity contribution >= 4 is 5.91 Å². The van der Waals surface area contributed by atoms with Gasteiger partial charge in [0.05, 0.1) is 31.3 Å². The lowest BCUT2D eigenvalue weighted by molar-refractivity contribution is -0.124. The predicted molar refractivity (Wildman–Crippen MR) is 301 cm³/mol. The number of unbranched alkanes of at least 4 members (excludes halogenated alkanes) is 47. The van der Waals surface area contributed by atoms with Gasteiger partial charge < -0.3 is 20.6 Å². The van der Waals surface area contributed by atoms with Gasteiger partial charge in [-0.1, -0.05) is 334 Å². The molecule has 3 atom stereocenters. The van der Waals surface area contributed by atoms with Gasteiger partial charge in [-0.2, -0.15) is 0 Å². The minimum Gasteiger partial charge on any atom is -0.394 e. The van der Waals surface area contributed by atoms with Crippen LogP contribution in [0.1, 0.15) is 348 Å². The second kappa shape index (κ2) is 58.4. The van der Waals surface area contributed by atoms with Gasteiger partial charge in [0.25, 0.3) is 0 Å². The summed E-state index contributed by atoms with van der Waals surface area (Å²) < 4.78 is 0. The summed E-state index contributed by atoms with van der Waals surface area (Å²) in [6.07, 6.45) is 75.4. The summed E-state index contributed by atoms with van der Waals surface area (Å²) in [5, 5.41) is 33.5. The third-order valence-electron chi connectivity index (χ3n) is 14.7. The zero-order chi connectivity index (χ0) is 49.3. The maximum atomic E-state index is 12.5. The summed E-state index contributed by atoms with van der Waals surface area (Å²) in [6, 6.07) is -0.760. The lowest BCUT2D eigenvalue weighted by atomic mass is 10.0. The van der Waals surface area contributed by atoms with Crippen molar-refractivity contribution in [2.24, 2.45) is 0 Å². The summed E-state index contributed by atoms with van der Waals surface area (Å²) >= 11 is 0. The first kappa shape index (κ1) is 66.8. The molecule has 0 rings (SSSR count). The smallest absolute Gasteiger partial charge is 0.222 e. The van der Waals surface area contributed by atoms with Crippen molar-refractivity contribution in [2.45, 2.75) is 366 Å². The fourth-order valence-electron chi connectivity index (χ4n) is 10.0. The molecule has 404 valence electrons. The minimum absolute atomic E-state index is 0.0106. The standard InChI is InChI=1S/C63H123NO4/c1-3-5-7-9-11-13-15-17-19-21-23-25-27-28-29-30-31-32-33-35-36-38-40-42-44-46-48-50-52-54-56-60(66)58-63(68)64-61(59-65)62(67)57-55-53-51-49-47-45-43-41-39-37-34-26-24-22-20-18-16-14-12-10-8-6-4-2/h47,49,55,57,60-62,65-67H,3-46,48,50-54,56,58-59H2,1-2H3,(H,64,68)/b49-47+,57-55+. The van der Waals surface area contributed by atoms with Crippen molar-refractivity contribution in [3.63, 3.8) is 0 Å². The number of rotatable bonds is 58. The zero-order valence-corrected chi connectivity index (χ0v) is 46.3. The lowest BCUT2D eigenvalue weighted by Gasteiger charge is -2.21. The van der Waals surface area contributed by atoms with Crippen LogP contribution in [0.5, 0.6) is 0 Å². The summed E-state index contributed by atoms with van der Waals surface area (Å²) in [5.74, 6) is -0.318. The number of amides is 1. The Bertz CT molecular complexity index is 1010. The van der Waals surface area contributed by atoms with Gasteiger partial charge in [-0.15, -0.1) is 0 Å². The van der Waals surface area contributed by atoms with E-state index < -0.39 is 18.2 Å². The van der Waals surface area contributed by atoms with Crippen LogP contribution in [0, 0.1) is 0 Å². The second-order valence-corrected chi connectivity index (χ2v) is 21.7. The van der Waals surface area contributed by atoms with Gasteiger partial charge in [-0.3, -0.25) is 4.79 Å². The largest absolute Gasteiger partial charge is 0.394 e. The van der Waals surface area contributed by atoms with Crippen molar-refractivity contribution in [3.05, 3.63) is 24.3 Å². The number of aliphatic hydroxyl groups excluding tert-OH is 3. The molecule has 0 radical (unpaired) electrons. The highest BCUT2D eigenvalue weighted by Crippen LogP contribution is 2.19. The van der Waals surface area contributed by atoms with Crippen LogP contribution < -0.4 is 5.32 Å². The van der Waals surface area contributed by atoms with E-state index in [4.69, 9.17) is 0 Å². The molecule has 0 aromatic heterocycles. The second-order valence-electron chi connectivity index (χ2n) is 21.7. The van der Waals surface area contributed by atoms with Crippen molar-refractivity contribution in [1.29, 1.82) is 0 Å². The van der Waals surface area contributed by atoms with Gasteiger partial charge in [0.15, 0.2) is 0 Å². The van der Waals surface area contributed by atoms with Gasteiger partial charge in [-0.05, 0) is 32.1 Å². The molecule has 0 spiro atoms. The van der Waals surface area contributed by atoms with Crippen LogP contribution in [0.3, 0.4) is 0 Å². The normalized spacial score (nSPS) is 13.3. The molecule has 0 aliphatic heterocycles. The molecule has 0 aromatic carbocycles. The highest BCUT2D eigenvalue weighted by atomic mass is 16.3. The molecule has 0 fully saturated rings. The number of allylic oxidation sites excluding steroid dienone is 3. The Morgan fingerprint density at radius 2 is 0.632 bits per heavy atom. The molecule has 4 N–H and O–H groups in total. The third kappa shape index (κ3) is 54.2. The van der Waals surface area contributed by atoms with Crippen molar-refractivity contribution in [2.75, 3.05) is 6.61 Å². The maximum Gasteiger partial charge on any atom is 0.222 e. The average Bonchev–Trinajstić information content (AvgIpc) is 3.33. The van der Waals surface area contributed by atoms with E-state index in [2.05, 4.69) is 31.3 Å². The van der Waals surface area contributed by atoms with Gasteiger partial charge >= 0.3 is 0 Å². The van der Waals surface area contributed by atoms with E-state index in [9.17, 15) is 20.1 Å². The molecule has 0 heterocycles. The van der Waals surface area contributed by atoms with Gasteiger partial charge in [-0.25, -0.2) is 0 Å². The molecule has 1 amide bonds. The summed E-state index contributed by atoms with van der Waals surface area (Å²) in [4.78, 5) is 12.5. The Morgan fingerprint density at radius 3 is 0.941 bits per heavy atom. The highest BCUT2D eigenvalue weighted by molar-refractivity contribution is 5.76. The fourth-order valence-corrected chi connectivity index (χ4v) is 10.0. The molecular formula is C63H123NO4. The number of hydrogen-bond acceptors (Lipinski definition) is 4. The van der Waals surface area contributed by atoms with Crippen molar-refractivity contribution in [3.8, 4) is 0 Å². The molecular weight excluding hydrogens is 835 g/mol. The number of aliphatic hydroxyl groups is 3. The first-order valence-corrected chi connectivity index (χ1v) is 31.1. The van der Waals surface area contributed by atoms with Gasteiger partial charge in [0, 0.05) is 0 Å². The quantitative estimate of drug-likeness (QED) is 0.0361. The third-order valence-corrected chi connectivity index (χ3v) is 14.7. The van der Waals surface area contributed by atoms with E-state index >= 15 is 0 Å².